The van der Waals surface area contributed by atoms with E-state index in [1.54, 1.807) is 30.7 Å². The van der Waals surface area contributed by atoms with Gasteiger partial charge < -0.3 is 19.9 Å². The van der Waals surface area contributed by atoms with E-state index >= 15 is 0 Å². The molecular formula is C24H24ClN9O2. The summed E-state index contributed by atoms with van der Waals surface area (Å²) in [6.07, 6.45) is 6.57. The summed E-state index contributed by atoms with van der Waals surface area (Å²) in [6, 6.07) is 15.6. The number of nitrogens with one attached hydrogen (secondary N) is 3. The molecule has 0 spiro atoms. The Balaban J connectivity index is 0.00000304. The van der Waals surface area contributed by atoms with Gasteiger partial charge in [0.2, 0.25) is 5.95 Å². The first-order chi connectivity index (χ1) is 17.2. The molecule has 36 heavy (non-hydrogen) atoms. The van der Waals surface area contributed by atoms with Crippen LogP contribution in [0.25, 0.3) is 0 Å². The molecule has 0 fully saturated rings. The van der Waals surface area contributed by atoms with Crippen molar-refractivity contribution in [2.45, 2.75) is 26.3 Å². The van der Waals surface area contributed by atoms with Gasteiger partial charge in [0.25, 0.3) is 0 Å². The number of aromatic nitrogens is 7. The van der Waals surface area contributed by atoms with Crippen LogP contribution < -0.4 is 15.4 Å². The Morgan fingerprint density at radius 1 is 0.944 bits per heavy atom. The molecule has 184 valence electrons. The smallest absolute Gasteiger partial charge is 0.321 e. The van der Waals surface area contributed by atoms with Crippen molar-refractivity contribution in [3.05, 3.63) is 89.8 Å². The van der Waals surface area contributed by atoms with Crippen LogP contribution in [0, 0.1) is 6.92 Å². The molecule has 0 bridgehead atoms. The number of benzene rings is 1. The Kier molecular flexibility index (Phi) is 8.04. The van der Waals surface area contributed by atoms with Crippen LogP contribution in [0.15, 0.2) is 71.6 Å². The van der Waals surface area contributed by atoms with Gasteiger partial charge in [-0.15, -0.1) is 12.4 Å². The molecule has 0 amide bonds. The topological polar surface area (TPSA) is 140 Å². The van der Waals surface area contributed by atoms with E-state index < -0.39 is 0 Å². The highest BCUT2D eigenvalue weighted by molar-refractivity contribution is 5.85. The van der Waals surface area contributed by atoms with Crippen molar-refractivity contribution in [2.24, 2.45) is 0 Å². The number of halogens is 1. The van der Waals surface area contributed by atoms with Gasteiger partial charge in [-0.3, -0.25) is 5.10 Å². The Bertz CT molecular complexity index is 1390. The third kappa shape index (κ3) is 6.76. The molecule has 0 saturated heterocycles. The van der Waals surface area contributed by atoms with Gasteiger partial charge in [-0.25, -0.2) is 15.0 Å². The van der Waals surface area contributed by atoms with Crippen molar-refractivity contribution in [1.29, 1.82) is 0 Å². The van der Waals surface area contributed by atoms with Crippen LogP contribution in [-0.2, 0) is 19.4 Å². The highest BCUT2D eigenvalue weighted by atomic mass is 35.5. The van der Waals surface area contributed by atoms with E-state index in [4.69, 9.17) is 9.26 Å². The fraction of sp³-hybridized carbons (Fsp3) is 0.167. The minimum atomic E-state index is 0. The molecule has 5 aromatic rings. The largest absolute Gasteiger partial charge is 0.424 e. The lowest BCUT2D eigenvalue weighted by molar-refractivity contribution is 0.384. The van der Waals surface area contributed by atoms with Crippen molar-refractivity contribution >= 4 is 30.0 Å². The maximum absolute atomic E-state index is 5.72. The van der Waals surface area contributed by atoms with Gasteiger partial charge in [0.15, 0.2) is 11.6 Å². The number of hydrogen-bond donors (Lipinski definition) is 3. The number of ether oxygens (including phenoxy) is 1. The van der Waals surface area contributed by atoms with E-state index in [0.29, 0.717) is 41.6 Å². The fourth-order valence-corrected chi connectivity index (χ4v) is 3.35. The number of aromatic amines is 1. The van der Waals surface area contributed by atoms with E-state index in [1.807, 2.05) is 37.3 Å². The van der Waals surface area contributed by atoms with Crippen molar-refractivity contribution in [1.82, 2.24) is 35.3 Å². The highest BCUT2D eigenvalue weighted by Crippen LogP contribution is 2.20. The summed E-state index contributed by atoms with van der Waals surface area (Å²) in [5.41, 5.74) is 2.96. The first kappa shape index (κ1) is 24.6. The molecule has 0 aliphatic heterocycles. The number of aryl methyl sites for hydroxylation is 3. The second-order valence-corrected chi connectivity index (χ2v) is 7.74. The molecule has 3 N–H and O–H groups in total. The molecule has 0 aliphatic carbocycles. The van der Waals surface area contributed by atoms with Gasteiger partial charge >= 0.3 is 6.01 Å². The molecule has 0 unspecified atom stereocenters. The first-order valence-electron chi connectivity index (χ1n) is 11.0. The van der Waals surface area contributed by atoms with Gasteiger partial charge in [-0.2, -0.15) is 10.1 Å². The molecule has 1 aromatic carbocycles. The van der Waals surface area contributed by atoms with E-state index in [2.05, 4.69) is 52.0 Å². The van der Waals surface area contributed by atoms with E-state index in [0.717, 1.165) is 29.8 Å². The number of anilines is 3. The highest BCUT2D eigenvalue weighted by Gasteiger charge is 2.07. The Labute approximate surface area is 213 Å². The summed E-state index contributed by atoms with van der Waals surface area (Å²) in [5.74, 6) is 3.19. The number of hydrogen-bond acceptors (Lipinski definition) is 10. The number of H-pyrrole nitrogens is 1. The maximum atomic E-state index is 5.72. The summed E-state index contributed by atoms with van der Waals surface area (Å²) in [5, 5.41) is 17.6. The van der Waals surface area contributed by atoms with Gasteiger partial charge in [0, 0.05) is 36.4 Å². The summed E-state index contributed by atoms with van der Waals surface area (Å²) in [6.45, 7) is 2.32. The van der Waals surface area contributed by atoms with Crippen molar-refractivity contribution in [3.63, 3.8) is 0 Å². The molecular weight excluding hydrogens is 482 g/mol. The van der Waals surface area contributed by atoms with Crippen LogP contribution in [0.4, 0.5) is 17.6 Å². The molecule has 5 rings (SSSR count). The zero-order chi connectivity index (χ0) is 23.9. The summed E-state index contributed by atoms with van der Waals surface area (Å²) in [7, 11) is 0. The number of rotatable bonds is 10. The van der Waals surface area contributed by atoms with E-state index in [1.165, 1.54) is 0 Å². The molecule has 11 nitrogen and oxygen atoms in total. The summed E-state index contributed by atoms with van der Waals surface area (Å²) < 4.78 is 10.9. The minimum absolute atomic E-state index is 0. The molecule has 4 heterocycles. The van der Waals surface area contributed by atoms with Crippen LogP contribution in [0.2, 0.25) is 0 Å². The van der Waals surface area contributed by atoms with Crippen molar-refractivity contribution in [2.75, 3.05) is 10.6 Å². The average molecular weight is 506 g/mol. The molecule has 0 aliphatic rings. The van der Waals surface area contributed by atoms with Crippen LogP contribution in [0.5, 0.6) is 11.8 Å². The third-order valence-corrected chi connectivity index (χ3v) is 4.97. The van der Waals surface area contributed by atoms with Gasteiger partial charge in [-0.1, -0.05) is 17.3 Å². The predicted octanol–water partition coefficient (Wildman–Crippen LogP) is 4.64. The summed E-state index contributed by atoms with van der Waals surface area (Å²) >= 11 is 0. The zero-order valence-corrected chi connectivity index (χ0v) is 20.2. The van der Waals surface area contributed by atoms with E-state index in [9.17, 15) is 0 Å². The average Bonchev–Trinajstić information content (AvgIpc) is 3.51. The normalized spacial score (nSPS) is 10.5. The molecule has 0 saturated carbocycles. The monoisotopic (exact) mass is 505 g/mol. The standard InChI is InChI=1S/C24H23N9O2.ClH/c1-16-12-20(35-33-16)15-28-23-25-11-8-21(30-23)29-22-14-18(31-32-22)7-6-17-4-2-5-19(13-17)34-24-26-9-3-10-27-24;/h2-5,8-14H,6-7,15H2,1H3,(H3,25,28,29,30,31,32);1H. The lowest BCUT2D eigenvalue weighted by Crippen LogP contribution is -2.04. The Hall–Kier alpha value is -4.51. The second kappa shape index (κ2) is 11.8. The summed E-state index contributed by atoms with van der Waals surface area (Å²) in [4.78, 5) is 16.9. The van der Waals surface area contributed by atoms with Crippen LogP contribution in [0.1, 0.15) is 22.7 Å². The molecule has 0 atom stereocenters. The van der Waals surface area contributed by atoms with Crippen molar-refractivity contribution in [3.8, 4) is 11.8 Å². The Morgan fingerprint density at radius 2 is 1.83 bits per heavy atom. The fourth-order valence-electron chi connectivity index (χ4n) is 3.35. The quantitative estimate of drug-likeness (QED) is 0.246. The van der Waals surface area contributed by atoms with E-state index in [-0.39, 0.29) is 12.4 Å². The number of nitrogens with zero attached hydrogens (tertiary/aromatic N) is 6. The lowest BCUT2D eigenvalue weighted by Gasteiger charge is -2.06. The Morgan fingerprint density at radius 3 is 2.67 bits per heavy atom. The van der Waals surface area contributed by atoms with Crippen molar-refractivity contribution < 1.29 is 9.26 Å². The SMILES string of the molecule is Cc1cc(CNc2nccc(Nc3cc(CCc4cccc(Oc5ncccn5)c4)[nH]n3)n2)on1.Cl. The molecule has 12 heteroatoms. The van der Waals surface area contributed by atoms with Gasteiger partial charge in [0.1, 0.15) is 11.6 Å². The zero-order valence-electron chi connectivity index (χ0n) is 19.4. The van der Waals surface area contributed by atoms with Crippen LogP contribution in [-0.4, -0.2) is 35.3 Å². The van der Waals surface area contributed by atoms with Crippen LogP contribution >= 0.6 is 12.4 Å². The van der Waals surface area contributed by atoms with Gasteiger partial charge in [0.05, 0.1) is 12.2 Å². The third-order valence-electron chi connectivity index (χ3n) is 4.97. The lowest BCUT2D eigenvalue weighted by atomic mass is 10.1. The van der Waals surface area contributed by atoms with Gasteiger partial charge in [-0.05, 0) is 49.6 Å². The minimum Gasteiger partial charge on any atom is -0.424 e. The maximum Gasteiger partial charge on any atom is 0.321 e. The first-order valence-corrected chi connectivity index (χ1v) is 11.0. The molecule has 4 aromatic heterocycles. The van der Waals surface area contributed by atoms with Crippen LogP contribution in [0.3, 0.4) is 0 Å². The predicted molar refractivity (Wildman–Crippen MR) is 136 cm³/mol. The second-order valence-electron chi connectivity index (χ2n) is 7.74. The molecule has 0 radical (unpaired) electrons.